The van der Waals surface area contributed by atoms with Crippen LogP contribution in [0.3, 0.4) is 0 Å². The fourth-order valence-electron chi connectivity index (χ4n) is 4.69. The first-order valence-corrected chi connectivity index (χ1v) is 10.1. The third kappa shape index (κ3) is 3.81. The van der Waals surface area contributed by atoms with Gasteiger partial charge in [-0.3, -0.25) is 9.69 Å². The first-order valence-electron chi connectivity index (χ1n) is 10.1. The molecule has 0 saturated carbocycles. The number of oxime groups is 1. The van der Waals surface area contributed by atoms with Gasteiger partial charge in [0.05, 0.1) is 11.4 Å². The lowest BCUT2D eigenvalue weighted by Crippen LogP contribution is -2.48. The zero-order valence-corrected chi connectivity index (χ0v) is 16.3. The van der Waals surface area contributed by atoms with Crippen molar-refractivity contribution in [1.29, 1.82) is 0 Å². The lowest BCUT2D eigenvalue weighted by Gasteiger charge is -2.38. The largest absolute Gasteiger partial charge is 0.482 e. The minimum atomic E-state index is 0.0494. The number of anilines is 1. The number of piperidine rings is 1. The van der Waals surface area contributed by atoms with Gasteiger partial charge < -0.3 is 14.5 Å². The fourth-order valence-corrected chi connectivity index (χ4v) is 4.69. The lowest BCUT2D eigenvalue weighted by molar-refractivity contribution is -0.121. The van der Waals surface area contributed by atoms with E-state index in [1.807, 2.05) is 36.1 Å². The minimum Gasteiger partial charge on any atom is -0.482 e. The van der Waals surface area contributed by atoms with Crippen molar-refractivity contribution in [3.8, 4) is 5.75 Å². The fraction of sp³-hybridized carbons (Fsp3) is 0.619. The Morgan fingerprint density at radius 3 is 2.70 bits per heavy atom. The molecule has 2 fully saturated rings. The molecule has 0 aromatic heterocycles. The van der Waals surface area contributed by atoms with Crippen LogP contribution in [0.2, 0.25) is 0 Å². The molecule has 0 aliphatic carbocycles. The van der Waals surface area contributed by atoms with Crippen LogP contribution in [0.15, 0.2) is 29.4 Å². The highest BCUT2D eigenvalue weighted by Crippen LogP contribution is 2.36. The average Bonchev–Trinajstić information content (AvgIpc) is 2.90. The summed E-state index contributed by atoms with van der Waals surface area (Å²) in [6.07, 6.45) is 4.51. The molecule has 27 heavy (non-hydrogen) atoms. The molecule has 2 saturated heterocycles. The second-order valence-corrected chi connectivity index (χ2v) is 7.93. The molecule has 0 N–H and O–H groups in total. The molecule has 6 heteroatoms. The van der Waals surface area contributed by atoms with E-state index in [0.717, 1.165) is 37.4 Å². The van der Waals surface area contributed by atoms with Gasteiger partial charge in [0, 0.05) is 38.0 Å². The minimum absolute atomic E-state index is 0.0494. The number of hydrogen-bond acceptors (Lipinski definition) is 5. The molecule has 1 amide bonds. The molecule has 1 aromatic carbocycles. The predicted octanol–water partition coefficient (Wildman–Crippen LogP) is 3.07. The van der Waals surface area contributed by atoms with Gasteiger partial charge in [-0.25, -0.2) is 0 Å². The summed E-state index contributed by atoms with van der Waals surface area (Å²) in [5, 5.41) is 4.31. The number of carbonyl (C=O) groups excluding carboxylic acids is 1. The number of hydrogen-bond donors (Lipinski definition) is 0. The van der Waals surface area contributed by atoms with E-state index in [4.69, 9.17) is 9.57 Å². The maximum Gasteiger partial charge on any atom is 0.265 e. The van der Waals surface area contributed by atoms with E-state index in [0.29, 0.717) is 24.6 Å². The van der Waals surface area contributed by atoms with Gasteiger partial charge in [-0.1, -0.05) is 24.2 Å². The van der Waals surface area contributed by atoms with Gasteiger partial charge in [0.2, 0.25) is 0 Å². The zero-order valence-electron chi connectivity index (χ0n) is 16.3. The number of ether oxygens (including phenoxy) is 1. The van der Waals surface area contributed by atoms with Gasteiger partial charge in [0.1, 0.15) is 12.4 Å². The first kappa shape index (κ1) is 18.3. The molecule has 4 rings (SSSR count). The van der Waals surface area contributed by atoms with E-state index in [2.05, 4.69) is 17.0 Å². The van der Waals surface area contributed by atoms with Crippen molar-refractivity contribution in [2.45, 2.75) is 51.6 Å². The Morgan fingerprint density at radius 2 is 1.96 bits per heavy atom. The second-order valence-electron chi connectivity index (χ2n) is 7.93. The molecular weight excluding hydrogens is 342 g/mol. The number of rotatable bonds is 6. The Balaban J connectivity index is 1.39. The highest BCUT2D eigenvalue weighted by atomic mass is 16.6. The van der Waals surface area contributed by atoms with Gasteiger partial charge in [-0.05, 0) is 37.8 Å². The quantitative estimate of drug-likeness (QED) is 0.721. The smallest absolute Gasteiger partial charge is 0.265 e. The van der Waals surface area contributed by atoms with Crippen LogP contribution in [-0.4, -0.2) is 54.9 Å². The highest BCUT2D eigenvalue weighted by molar-refractivity contribution is 5.97. The average molecular weight is 371 g/mol. The highest BCUT2D eigenvalue weighted by Gasteiger charge is 2.40. The third-order valence-corrected chi connectivity index (χ3v) is 5.86. The Hall–Kier alpha value is -2.08. The Labute approximate surface area is 161 Å². The summed E-state index contributed by atoms with van der Waals surface area (Å²) in [6.45, 7) is 6.73. The Morgan fingerprint density at radius 1 is 1.22 bits per heavy atom. The molecule has 1 aromatic rings. The van der Waals surface area contributed by atoms with Crippen molar-refractivity contribution < 1.29 is 14.4 Å². The van der Waals surface area contributed by atoms with Crippen LogP contribution in [0.1, 0.15) is 39.5 Å². The second kappa shape index (κ2) is 7.89. The topological polar surface area (TPSA) is 54.4 Å². The molecular formula is C21H29N3O3. The summed E-state index contributed by atoms with van der Waals surface area (Å²) in [5.41, 5.74) is 2.11. The number of para-hydroxylation sites is 2. The molecule has 3 atom stereocenters. The summed E-state index contributed by atoms with van der Waals surface area (Å²) >= 11 is 0. The van der Waals surface area contributed by atoms with Crippen LogP contribution in [0.25, 0.3) is 0 Å². The van der Waals surface area contributed by atoms with Crippen LogP contribution in [0.5, 0.6) is 5.75 Å². The standard InChI is InChI=1S/C21H29N3O3/c1-3-27-22-16-10-17-8-9-18(11-16)23(17)12-15(2)13-24-19-6-4-5-7-20(19)26-14-21(24)25/h4-7,15,17-18H,3,8-14H2,1-2H3/t15-,17?,18?/m1/s1. The summed E-state index contributed by atoms with van der Waals surface area (Å²) in [4.78, 5) is 22.2. The third-order valence-electron chi connectivity index (χ3n) is 5.86. The van der Waals surface area contributed by atoms with Crippen LogP contribution in [0.4, 0.5) is 5.69 Å². The summed E-state index contributed by atoms with van der Waals surface area (Å²) in [5.74, 6) is 1.25. The molecule has 3 aliphatic heterocycles. The maximum absolute atomic E-state index is 12.4. The van der Waals surface area contributed by atoms with Gasteiger partial charge in [0.25, 0.3) is 5.91 Å². The number of nitrogens with zero attached hydrogens (tertiary/aromatic N) is 3. The van der Waals surface area contributed by atoms with Crippen molar-refractivity contribution in [2.75, 3.05) is 31.2 Å². The van der Waals surface area contributed by atoms with E-state index >= 15 is 0 Å². The van der Waals surface area contributed by atoms with Gasteiger partial charge in [0.15, 0.2) is 6.61 Å². The lowest BCUT2D eigenvalue weighted by atomic mass is 9.98. The van der Waals surface area contributed by atoms with Crippen molar-refractivity contribution in [3.05, 3.63) is 24.3 Å². The molecule has 0 radical (unpaired) electrons. The molecule has 2 bridgehead atoms. The van der Waals surface area contributed by atoms with E-state index in [-0.39, 0.29) is 12.5 Å². The van der Waals surface area contributed by atoms with Crippen LogP contribution in [0, 0.1) is 5.92 Å². The van der Waals surface area contributed by atoms with E-state index in [9.17, 15) is 4.79 Å². The number of benzene rings is 1. The Bertz CT molecular complexity index is 704. The summed E-state index contributed by atoms with van der Waals surface area (Å²) in [7, 11) is 0. The van der Waals surface area contributed by atoms with Crippen molar-refractivity contribution >= 4 is 17.3 Å². The van der Waals surface area contributed by atoms with E-state index in [1.165, 1.54) is 18.6 Å². The van der Waals surface area contributed by atoms with Crippen molar-refractivity contribution in [2.24, 2.45) is 11.1 Å². The molecule has 6 nitrogen and oxygen atoms in total. The zero-order chi connectivity index (χ0) is 18.8. The summed E-state index contributed by atoms with van der Waals surface area (Å²) < 4.78 is 5.56. The molecule has 3 aliphatic rings. The normalized spacial score (nSPS) is 25.8. The number of amides is 1. The van der Waals surface area contributed by atoms with Crippen LogP contribution < -0.4 is 9.64 Å². The molecule has 0 spiro atoms. The van der Waals surface area contributed by atoms with Crippen LogP contribution >= 0.6 is 0 Å². The SMILES string of the molecule is CCON=C1CC2CCC(C1)N2C[C@@H](C)CN1C(=O)COc2ccccc21. The monoisotopic (exact) mass is 371 g/mol. The Kier molecular flexibility index (Phi) is 5.34. The first-order chi connectivity index (χ1) is 13.2. The molecule has 3 heterocycles. The summed E-state index contributed by atoms with van der Waals surface area (Å²) in [6, 6.07) is 8.95. The predicted molar refractivity (Wildman–Crippen MR) is 105 cm³/mol. The van der Waals surface area contributed by atoms with Gasteiger partial charge in [-0.2, -0.15) is 0 Å². The van der Waals surface area contributed by atoms with E-state index < -0.39 is 0 Å². The molecule has 146 valence electrons. The maximum atomic E-state index is 12.4. The number of carbonyl (C=O) groups is 1. The van der Waals surface area contributed by atoms with Crippen LogP contribution in [-0.2, 0) is 9.63 Å². The van der Waals surface area contributed by atoms with E-state index in [1.54, 1.807) is 0 Å². The van der Waals surface area contributed by atoms with Gasteiger partial charge in [-0.15, -0.1) is 0 Å². The van der Waals surface area contributed by atoms with Gasteiger partial charge >= 0.3 is 0 Å². The van der Waals surface area contributed by atoms with Crippen molar-refractivity contribution in [1.82, 2.24) is 4.90 Å². The molecule has 2 unspecified atom stereocenters. The van der Waals surface area contributed by atoms with Crippen molar-refractivity contribution in [3.63, 3.8) is 0 Å². The number of fused-ring (bicyclic) bond motifs is 3.